The van der Waals surface area contributed by atoms with Crippen molar-refractivity contribution in [1.29, 1.82) is 0 Å². The minimum atomic E-state index is 0.0144. The van der Waals surface area contributed by atoms with Crippen LogP contribution in [0.25, 0.3) is 0 Å². The van der Waals surface area contributed by atoms with E-state index in [9.17, 15) is 4.79 Å². The summed E-state index contributed by atoms with van der Waals surface area (Å²) in [5.74, 6) is 0.0144. The van der Waals surface area contributed by atoms with Gasteiger partial charge < -0.3 is 10.2 Å². The zero-order valence-electron chi connectivity index (χ0n) is 10.9. The summed E-state index contributed by atoms with van der Waals surface area (Å²) in [6, 6.07) is 7.77. The van der Waals surface area contributed by atoms with Crippen LogP contribution in [0.3, 0.4) is 0 Å². The van der Waals surface area contributed by atoms with E-state index in [1.807, 2.05) is 64.0 Å². The summed E-state index contributed by atoms with van der Waals surface area (Å²) in [7, 11) is 3.74. The number of carbonyl (C=O) groups is 1. The first-order chi connectivity index (χ1) is 7.58. The Kier molecular flexibility index (Phi) is 7.21. The first kappa shape index (κ1) is 14.6. The molecule has 1 N–H and O–H groups in total. The van der Waals surface area contributed by atoms with Crippen molar-refractivity contribution in [2.75, 3.05) is 26.0 Å². The predicted octanol–water partition coefficient (Wildman–Crippen LogP) is 2.52. The molecule has 1 aromatic carbocycles. The van der Waals surface area contributed by atoms with Crippen LogP contribution in [-0.4, -0.2) is 31.4 Å². The topological polar surface area (TPSA) is 32.3 Å². The molecule has 3 heteroatoms. The second kappa shape index (κ2) is 7.88. The van der Waals surface area contributed by atoms with Gasteiger partial charge in [0.05, 0.1) is 6.54 Å². The standard InChI is InChI=1S/C11H16N2O.C2H6/c1-9-5-4-6-10(7-9)12-11(14)8-13(2)3;1-2/h4-7H,8H2,1-3H3,(H,12,14);1-2H3. The van der Waals surface area contributed by atoms with Crippen LogP contribution in [0.4, 0.5) is 5.69 Å². The molecule has 0 fully saturated rings. The van der Waals surface area contributed by atoms with E-state index in [-0.39, 0.29) is 5.91 Å². The van der Waals surface area contributed by atoms with Gasteiger partial charge in [0.25, 0.3) is 0 Å². The van der Waals surface area contributed by atoms with Gasteiger partial charge in [0.1, 0.15) is 0 Å². The minimum absolute atomic E-state index is 0.0144. The first-order valence-electron chi connectivity index (χ1n) is 5.59. The van der Waals surface area contributed by atoms with E-state index in [0.717, 1.165) is 11.3 Å². The van der Waals surface area contributed by atoms with Crippen LogP contribution >= 0.6 is 0 Å². The van der Waals surface area contributed by atoms with Gasteiger partial charge in [0, 0.05) is 5.69 Å². The van der Waals surface area contributed by atoms with Crippen molar-refractivity contribution >= 4 is 11.6 Å². The van der Waals surface area contributed by atoms with Crippen molar-refractivity contribution in [3.05, 3.63) is 29.8 Å². The highest BCUT2D eigenvalue weighted by Crippen LogP contribution is 2.08. The summed E-state index contributed by atoms with van der Waals surface area (Å²) in [5.41, 5.74) is 2.00. The number of anilines is 1. The molecule has 0 saturated carbocycles. The van der Waals surface area contributed by atoms with E-state index >= 15 is 0 Å². The Hall–Kier alpha value is -1.35. The lowest BCUT2D eigenvalue weighted by Crippen LogP contribution is -2.27. The van der Waals surface area contributed by atoms with Crippen LogP contribution in [0, 0.1) is 6.92 Å². The molecule has 0 atom stereocenters. The highest BCUT2D eigenvalue weighted by atomic mass is 16.2. The molecule has 0 heterocycles. The molecular formula is C13H22N2O. The Morgan fingerprint density at radius 1 is 1.31 bits per heavy atom. The quantitative estimate of drug-likeness (QED) is 0.852. The molecule has 0 bridgehead atoms. The number of rotatable bonds is 3. The summed E-state index contributed by atoms with van der Waals surface area (Å²) < 4.78 is 0. The van der Waals surface area contributed by atoms with Crippen molar-refractivity contribution in [1.82, 2.24) is 4.90 Å². The van der Waals surface area contributed by atoms with Gasteiger partial charge in [-0.05, 0) is 38.7 Å². The van der Waals surface area contributed by atoms with Gasteiger partial charge in [-0.2, -0.15) is 0 Å². The minimum Gasteiger partial charge on any atom is -0.325 e. The molecule has 0 radical (unpaired) electrons. The first-order valence-corrected chi connectivity index (χ1v) is 5.59. The van der Waals surface area contributed by atoms with E-state index in [4.69, 9.17) is 0 Å². The van der Waals surface area contributed by atoms with Gasteiger partial charge in [0.2, 0.25) is 5.91 Å². The Morgan fingerprint density at radius 2 is 1.94 bits per heavy atom. The second-order valence-electron chi connectivity index (χ2n) is 3.66. The van der Waals surface area contributed by atoms with Crippen molar-refractivity contribution in [3.8, 4) is 0 Å². The third-order valence-corrected chi connectivity index (χ3v) is 1.76. The normalized spacial score (nSPS) is 9.38. The number of nitrogens with zero attached hydrogens (tertiary/aromatic N) is 1. The third kappa shape index (κ3) is 6.19. The van der Waals surface area contributed by atoms with Crippen LogP contribution in [0.15, 0.2) is 24.3 Å². The number of nitrogens with one attached hydrogen (secondary N) is 1. The predicted molar refractivity (Wildman–Crippen MR) is 69.7 cm³/mol. The molecule has 0 aliphatic carbocycles. The Bertz CT molecular complexity index is 321. The lowest BCUT2D eigenvalue weighted by atomic mass is 10.2. The number of carbonyl (C=O) groups excluding carboxylic acids is 1. The number of aryl methyl sites for hydroxylation is 1. The molecule has 0 aliphatic heterocycles. The number of amides is 1. The average Bonchev–Trinajstić information content (AvgIpc) is 2.19. The molecule has 0 aliphatic rings. The Balaban J connectivity index is 0.00000106. The van der Waals surface area contributed by atoms with Gasteiger partial charge in [-0.25, -0.2) is 0 Å². The maximum atomic E-state index is 11.4. The SMILES string of the molecule is CC.Cc1cccc(NC(=O)CN(C)C)c1. The number of hydrogen-bond acceptors (Lipinski definition) is 2. The van der Waals surface area contributed by atoms with Crippen LogP contribution < -0.4 is 5.32 Å². The summed E-state index contributed by atoms with van der Waals surface area (Å²) in [6.07, 6.45) is 0. The maximum absolute atomic E-state index is 11.4. The second-order valence-corrected chi connectivity index (χ2v) is 3.66. The van der Waals surface area contributed by atoms with Crippen molar-refractivity contribution < 1.29 is 4.79 Å². The molecule has 3 nitrogen and oxygen atoms in total. The lowest BCUT2D eigenvalue weighted by molar-refractivity contribution is -0.116. The van der Waals surface area contributed by atoms with Gasteiger partial charge in [-0.1, -0.05) is 26.0 Å². The highest BCUT2D eigenvalue weighted by Gasteiger charge is 2.02. The molecule has 1 rings (SSSR count). The number of hydrogen-bond donors (Lipinski definition) is 1. The van der Waals surface area contributed by atoms with Gasteiger partial charge >= 0.3 is 0 Å². The van der Waals surface area contributed by atoms with E-state index in [1.54, 1.807) is 0 Å². The zero-order chi connectivity index (χ0) is 12.6. The molecule has 0 saturated heterocycles. The lowest BCUT2D eigenvalue weighted by Gasteiger charge is -2.10. The fraction of sp³-hybridized carbons (Fsp3) is 0.462. The largest absolute Gasteiger partial charge is 0.325 e. The Morgan fingerprint density at radius 3 is 2.44 bits per heavy atom. The van der Waals surface area contributed by atoms with Crippen LogP contribution in [-0.2, 0) is 4.79 Å². The smallest absolute Gasteiger partial charge is 0.238 e. The molecular weight excluding hydrogens is 200 g/mol. The number of likely N-dealkylation sites (N-methyl/N-ethyl adjacent to an activating group) is 1. The van der Waals surface area contributed by atoms with Gasteiger partial charge in [0.15, 0.2) is 0 Å². The van der Waals surface area contributed by atoms with E-state index in [2.05, 4.69) is 5.32 Å². The molecule has 1 aromatic rings. The van der Waals surface area contributed by atoms with Crippen molar-refractivity contribution in [2.45, 2.75) is 20.8 Å². The molecule has 0 aromatic heterocycles. The Labute approximate surface area is 98.5 Å². The molecule has 16 heavy (non-hydrogen) atoms. The zero-order valence-corrected chi connectivity index (χ0v) is 10.9. The van der Waals surface area contributed by atoms with Crippen LogP contribution in [0.5, 0.6) is 0 Å². The summed E-state index contributed by atoms with van der Waals surface area (Å²) in [6.45, 7) is 6.41. The average molecular weight is 222 g/mol. The van der Waals surface area contributed by atoms with Gasteiger partial charge in [-0.3, -0.25) is 4.79 Å². The molecule has 1 amide bonds. The third-order valence-electron chi connectivity index (χ3n) is 1.76. The van der Waals surface area contributed by atoms with E-state index < -0.39 is 0 Å². The summed E-state index contributed by atoms with van der Waals surface area (Å²) >= 11 is 0. The van der Waals surface area contributed by atoms with E-state index in [1.165, 1.54) is 0 Å². The molecule has 0 spiro atoms. The fourth-order valence-electron chi connectivity index (χ4n) is 1.21. The highest BCUT2D eigenvalue weighted by molar-refractivity contribution is 5.92. The van der Waals surface area contributed by atoms with Crippen LogP contribution in [0.2, 0.25) is 0 Å². The molecule has 90 valence electrons. The number of benzene rings is 1. The maximum Gasteiger partial charge on any atom is 0.238 e. The fourth-order valence-corrected chi connectivity index (χ4v) is 1.21. The van der Waals surface area contributed by atoms with Crippen molar-refractivity contribution in [3.63, 3.8) is 0 Å². The summed E-state index contributed by atoms with van der Waals surface area (Å²) in [4.78, 5) is 13.2. The van der Waals surface area contributed by atoms with Crippen LogP contribution in [0.1, 0.15) is 19.4 Å². The monoisotopic (exact) mass is 222 g/mol. The van der Waals surface area contributed by atoms with Crippen molar-refractivity contribution in [2.24, 2.45) is 0 Å². The van der Waals surface area contributed by atoms with E-state index in [0.29, 0.717) is 6.54 Å². The summed E-state index contributed by atoms with van der Waals surface area (Å²) in [5, 5.41) is 2.83. The van der Waals surface area contributed by atoms with Gasteiger partial charge in [-0.15, -0.1) is 0 Å². The molecule has 0 unspecified atom stereocenters.